The maximum atomic E-state index is 14.1. The first kappa shape index (κ1) is 18.6. The molecule has 0 spiro atoms. The van der Waals surface area contributed by atoms with Crippen molar-refractivity contribution < 1.29 is 14.3 Å². The van der Waals surface area contributed by atoms with Gasteiger partial charge in [0.05, 0.1) is 24.0 Å². The smallest absolute Gasteiger partial charge is 0.242 e. The van der Waals surface area contributed by atoms with E-state index in [1.165, 1.54) is 6.07 Å². The fraction of sp³-hybridized carbons (Fsp3) is 0.364. The van der Waals surface area contributed by atoms with Gasteiger partial charge in [0.15, 0.2) is 0 Å². The van der Waals surface area contributed by atoms with Crippen molar-refractivity contribution in [2.24, 2.45) is 5.41 Å². The molecule has 0 aliphatic carbocycles. The van der Waals surface area contributed by atoms with Crippen molar-refractivity contribution in [1.82, 2.24) is 14.5 Å². The number of hydrogen-bond acceptors (Lipinski definition) is 3. The lowest BCUT2D eigenvalue weighted by molar-refractivity contribution is -0.136. The Morgan fingerprint density at radius 1 is 1.18 bits per heavy atom. The van der Waals surface area contributed by atoms with Gasteiger partial charge in [-0.25, -0.2) is 9.37 Å². The van der Waals surface area contributed by atoms with Gasteiger partial charge < -0.3 is 14.6 Å². The van der Waals surface area contributed by atoms with Gasteiger partial charge in [-0.15, -0.1) is 0 Å². The van der Waals surface area contributed by atoms with Gasteiger partial charge in [-0.2, -0.15) is 0 Å². The standard InChI is InChI=1S/C22H24FN3O2/c23-18-7-2-1-6-17(18)12-22(15-27)10-5-11-25(14-22)21(28)13-26-16-24-19-8-3-4-9-20(19)26/h1-4,6-9,16,27H,5,10-15H2/t22-/m1/s1. The zero-order valence-corrected chi connectivity index (χ0v) is 15.7. The van der Waals surface area contributed by atoms with Crippen LogP contribution in [-0.4, -0.2) is 45.2 Å². The van der Waals surface area contributed by atoms with E-state index in [4.69, 9.17) is 0 Å². The Morgan fingerprint density at radius 2 is 1.96 bits per heavy atom. The predicted molar refractivity (Wildman–Crippen MR) is 105 cm³/mol. The minimum Gasteiger partial charge on any atom is -0.396 e. The molecule has 1 amide bonds. The molecule has 0 unspecified atom stereocenters. The molecule has 1 aliphatic heterocycles. The fourth-order valence-corrected chi connectivity index (χ4v) is 4.18. The molecular weight excluding hydrogens is 357 g/mol. The number of likely N-dealkylation sites (tertiary alicyclic amines) is 1. The average Bonchev–Trinajstić information content (AvgIpc) is 3.13. The molecule has 1 atom stereocenters. The van der Waals surface area contributed by atoms with Crippen molar-refractivity contribution in [2.75, 3.05) is 19.7 Å². The van der Waals surface area contributed by atoms with Crippen LogP contribution in [0.2, 0.25) is 0 Å². The number of aliphatic hydroxyl groups excluding tert-OH is 1. The van der Waals surface area contributed by atoms with Crippen LogP contribution in [0.1, 0.15) is 18.4 Å². The highest BCUT2D eigenvalue weighted by atomic mass is 19.1. The quantitative estimate of drug-likeness (QED) is 0.739. The van der Waals surface area contributed by atoms with E-state index in [0.29, 0.717) is 25.1 Å². The lowest BCUT2D eigenvalue weighted by Gasteiger charge is -2.42. The summed E-state index contributed by atoms with van der Waals surface area (Å²) >= 11 is 0. The molecule has 3 aromatic rings. The number of amides is 1. The molecule has 1 N–H and O–H groups in total. The number of para-hydroxylation sites is 2. The molecule has 146 valence electrons. The number of aliphatic hydroxyl groups is 1. The number of rotatable bonds is 5. The lowest BCUT2D eigenvalue weighted by atomic mass is 9.75. The second-order valence-electron chi connectivity index (χ2n) is 7.71. The molecule has 2 aromatic carbocycles. The lowest BCUT2D eigenvalue weighted by Crippen LogP contribution is -2.49. The summed E-state index contributed by atoms with van der Waals surface area (Å²) in [6.45, 7) is 1.23. The minimum atomic E-state index is -0.507. The third-order valence-corrected chi connectivity index (χ3v) is 5.71. The number of carbonyl (C=O) groups excluding carboxylic acids is 1. The van der Waals surface area contributed by atoms with Gasteiger partial charge in [0.2, 0.25) is 5.91 Å². The van der Waals surface area contributed by atoms with Crippen LogP contribution < -0.4 is 0 Å². The van der Waals surface area contributed by atoms with Crippen LogP contribution in [0.4, 0.5) is 4.39 Å². The van der Waals surface area contributed by atoms with Crippen molar-refractivity contribution in [1.29, 1.82) is 0 Å². The number of imidazole rings is 1. The van der Waals surface area contributed by atoms with Gasteiger partial charge in [-0.1, -0.05) is 30.3 Å². The maximum Gasteiger partial charge on any atom is 0.242 e. The molecule has 0 radical (unpaired) electrons. The van der Waals surface area contributed by atoms with Crippen molar-refractivity contribution >= 4 is 16.9 Å². The minimum absolute atomic E-state index is 0.00536. The van der Waals surface area contributed by atoms with Crippen LogP contribution in [0.25, 0.3) is 11.0 Å². The zero-order valence-electron chi connectivity index (χ0n) is 15.7. The first-order valence-electron chi connectivity index (χ1n) is 9.62. The molecule has 6 heteroatoms. The number of fused-ring (bicyclic) bond motifs is 1. The van der Waals surface area contributed by atoms with E-state index in [-0.39, 0.29) is 24.9 Å². The summed E-state index contributed by atoms with van der Waals surface area (Å²) in [5.74, 6) is -0.266. The monoisotopic (exact) mass is 381 g/mol. The molecular formula is C22H24FN3O2. The molecule has 28 heavy (non-hydrogen) atoms. The Kier molecular flexibility index (Phi) is 5.13. The number of hydrogen-bond donors (Lipinski definition) is 1. The van der Waals surface area contributed by atoms with Gasteiger partial charge in [0, 0.05) is 18.5 Å². The molecule has 5 nitrogen and oxygen atoms in total. The molecule has 1 aliphatic rings. The van der Waals surface area contributed by atoms with Crippen LogP contribution in [0, 0.1) is 11.2 Å². The van der Waals surface area contributed by atoms with Gasteiger partial charge in [-0.3, -0.25) is 4.79 Å². The number of nitrogens with zero attached hydrogens (tertiary/aromatic N) is 3. The highest BCUT2D eigenvalue weighted by Crippen LogP contribution is 2.34. The molecule has 0 bridgehead atoms. The van der Waals surface area contributed by atoms with Crippen molar-refractivity contribution in [2.45, 2.75) is 25.8 Å². The summed E-state index contributed by atoms with van der Waals surface area (Å²) in [4.78, 5) is 19.1. The van der Waals surface area contributed by atoms with E-state index in [2.05, 4.69) is 4.98 Å². The molecule has 0 saturated carbocycles. The Labute approximate surface area is 163 Å². The van der Waals surface area contributed by atoms with Gasteiger partial charge in [0.25, 0.3) is 0 Å². The SMILES string of the molecule is O=C(Cn1cnc2ccccc21)N1CCC[C@@](CO)(Cc2ccccc2F)C1. The van der Waals surface area contributed by atoms with E-state index in [9.17, 15) is 14.3 Å². The Bertz CT molecular complexity index is 987. The number of carbonyl (C=O) groups is 1. The second-order valence-corrected chi connectivity index (χ2v) is 7.71. The predicted octanol–water partition coefficient (Wildman–Crippen LogP) is 3.02. The second kappa shape index (κ2) is 7.72. The number of benzene rings is 2. The van der Waals surface area contributed by atoms with Crippen molar-refractivity contribution in [3.63, 3.8) is 0 Å². The van der Waals surface area contributed by atoms with Gasteiger partial charge in [0.1, 0.15) is 12.4 Å². The molecule has 2 heterocycles. The van der Waals surface area contributed by atoms with E-state index in [0.717, 1.165) is 23.9 Å². The summed E-state index contributed by atoms with van der Waals surface area (Å²) < 4.78 is 16.0. The highest BCUT2D eigenvalue weighted by Gasteiger charge is 2.37. The van der Waals surface area contributed by atoms with Gasteiger partial charge >= 0.3 is 0 Å². The van der Waals surface area contributed by atoms with E-state index >= 15 is 0 Å². The zero-order chi connectivity index (χ0) is 19.6. The largest absolute Gasteiger partial charge is 0.396 e. The topological polar surface area (TPSA) is 58.4 Å². The molecule has 1 aromatic heterocycles. The summed E-state index contributed by atoms with van der Waals surface area (Å²) in [7, 11) is 0. The van der Waals surface area contributed by atoms with Crippen molar-refractivity contribution in [3.8, 4) is 0 Å². The van der Waals surface area contributed by atoms with Gasteiger partial charge in [-0.05, 0) is 43.0 Å². The Morgan fingerprint density at radius 3 is 2.79 bits per heavy atom. The number of halogens is 1. The fourth-order valence-electron chi connectivity index (χ4n) is 4.18. The Hall–Kier alpha value is -2.73. The summed E-state index contributed by atoms with van der Waals surface area (Å²) in [5, 5.41) is 10.1. The normalized spacial score (nSPS) is 19.9. The molecule has 1 saturated heterocycles. The van der Waals surface area contributed by atoms with Crippen molar-refractivity contribution in [3.05, 3.63) is 66.2 Å². The molecule has 4 rings (SSSR count). The summed E-state index contributed by atoms with van der Waals surface area (Å²) in [6, 6.07) is 14.4. The van der Waals surface area contributed by atoms with E-state index < -0.39 is 5.41 Å². The highest BCUT2D eigenvalue weighted by molar-refractivity contribution is 5.80. The first-order chi connectivity index (χ1) is 13.6. The van der Waals surface area contributed by atoms with E-state index in [1.54, 1.807) is 29.4 Å². The van der Waals surface area contributed by atoms with Crippen LogP contribution in [0.15, 0.2) is 54.9 Å². The maximum absolute atomic E-state index is 14.1. The average molecular weight is 381 g/mol. The number of aromatic nitrogens is 2. The summed E-state index contributed by atoms with van der Waals surface area (Å²) in [6.07, 6.45) is 3.68. The number of piperidine rings is 1. The summed E-state index contributed by atoms with van der Waals surface area (Å²) in [5.41, 5.74) is 1.87. The van der Waals surface area contributed by atoms with Crippen LogP contribution in [0.5, 0.6) is 0 Å². The first-order valence-corrected chi connectivity index (χ1v) is 9.62. The van der Waals surface area contributed by atoms with Crippen LogP contribution in [-0.2, 0) is 17.8 Å². The van der Waals surface area contributed by atoms with Crippen LogP contribution >= 0.6 is 0 Å². The Balaban J connectivity index is 1.50. The van der Waals surface area contributed by atoms with Crippen LogP contribution in [0.3, 0.4) is 0 Å². The third kappa shape index (κ3) is 3.64. The third-order valence-electron chi connectivity index (χ3n) is 5.71. The molecule has 1 fully saturated rings. The van der Waals surface area contributed by atoms with E-state index in [1.807, 2.05) is 28.8 Å².